The molecule has 0 aliphatic rings. The highest BCUT2D eigenvalue weighted by atomic mass is 16.5. The van der Waals surface area contributed by atoms with Crippen LogP contribution in [0.1, 0.15) is 6.92 Å². The predicted molar refractivity (Wildman–Crippen MR) is 30.3 cm³/mol. The summed E-state index contributed by atoms with van der Waals surface area (Å²) in [5.74, 6) is -0.444. The Hall–Kier alpha value is -1.06. The molecular formula is C5H8NO3. The van der Waals surface area contributed by atoms with Crippen molar-refractivity contribution >= 4 is 12.4 Å². The van der Waals surface area contributed by atoms with Crippen molar-refractivity contribution in [2.45, 2.75) is 6.92 Å². The van der Waals surface area contributed by atoms with Gasteiger partial charge in [0.2, 0.25) is 0 Å². The van der Waals surface area contributed by atoms with Gasteiger partial charge in [-0.1, -0.05) is 0 Å². The molecule has 9 heavy (non-hydrogen) atoms. The van der Waals surface area contributed by atoms with E-state index in [4.69, 9.17) is 0 Å². The summed E-state index contributed by atoms with van der Waals surface area (Å²) in [6.45, 7) is 1.93. The highest BCUT2D eigenvalue weighted by Gasteiger charge is 1.96. The van der Waals surface area contributed by atoms with Gasteiger partial charge in [0, 0.05) is 0 Å². The van der Waals surface area contributed by atoms with Crippen molar-refractivity contribution in [1.29, 1.82) is 0 Å². The molecule has 4 heteroatoms. The monoisotopic (exact) mass is 130 g/mol. The van der Waals surface area contributed by atoms with Crippen LogP contribution in [0.2, 0.25) is 0 Å². The normalized spacial score (nSPS) is 8.11. The maximum absolute atomic E-state index is 10.3. The van der Waals surface area contributed by atoms with E-state index in [0.717, 1.165) is 0 Å². The van der Waals surface area contributed by atoms with Gasteiger partial charge in [0.1, 0.15) is 6.54 Å². The molecule has 1 amide bonds. The lowest BCUT2D eigenvalue weighted by molar-refractivity contribution is -0.141. The molecule has 0 unspecified atom stereocenters. The standard InChI is InChI=1S/C5H8NO3/c1-2-9-5(8)3-6-4-7/h2-3H2,1H3,(H,6,7). The number of rotatable bonds is 4. The van der Waals surface area contributed by atoms with Gasteiger partial charge < -0.3 is 10.1 Å². The lowest BCUT2D eigenvalue weighted by Gasteiger charge is -1.97. The Balaban J connectivity index is 3.16. The molecule has 0 aromatic rings. The molecule has 0 fully saturated rings. The molecule has 0 bridgehead atoms. The van der Waals surface area contributed by atoms with Crippen LogP contribution in [-0.2, 0) is 14.3 Å². The minimum absolute atomic E-state index is 0.0999. The smallest absolute Gasteiger partial charge is 0.325 e. The van der Waals surface area contributed by atoms with E-state index in [1.165, 1.54) is 6.41 Å². The van der Waals surface area contributed by atoms with E-state index in [-0.39, 0.29) is 6.54 Å². The molecule has 0 saturated carbocycles. The molecule has 1 radical (unpaired) electrons. The number of nitrogens with one attached hydrogen (secondary N) is 1. The van der Waals surface area contributed by atoms with E-state index in [1.54, 1.807) is 6.92 Å². The lowest BCUT2D eigenvalue weighted by Crippen LogP contribution is -2.22. The first-order valence-corrected chi connectivity index (χ1v) is 2.57. The predicted octanol–water partition coefficient (Wildman–Crippen LogP) is -0.794. The summed E-state index contributed by atoms with van der Waals surface area (Å²) >= 11 is 0. The van der Waals surface area contributed by atoms with Crippen LogP contribution < -0.4 is 5.32 Å². The number of esters is 1. The topological polar surface area (TPSA) is 55.4 Å². The number of amides is 1. The third kappa shape index (κ3) is 4.80. The summed E-state index contributed by atoms with van der Waals surface area (Å²) in [6.07, 6.45) is 1.36. The van der Waals surface area contributed by atoms with Crippen LogP contribution in [0.5, 0.6) is 0 Å². The van der Waals surface area contributed by atoms with Crippen LogP contribution in [0.4, 0.5) is 0 Å². The minimum atomic E-state index is -0.444. The van der Waals surface area contributed by atoms with Crippen molar-refractivity contribution < 1.29 is 14.3 Å². The quantitative estimate of drug-likeness (QED) is 0.400. The number of hydrogen-bond donors (Lipinski definition) is 1. The molecule has 0 aromatic heterocycles. The van der Waals surface area contributed by atoms with Crippen LogP contribution in [0.3, 0.4) is 0 Å². The summed E-state index contributed by atoms with van der Waals surface area (Å²) < 4.78 is 4.46. The molecule has 0 heterocycles. The largest absolute Gasteiger partial charge is 0.465 e. The summed E-state index contributed by atoms with van der Waals surface area (Å²) in [4.78, 5) is 19.8. The Labute approximate surface area is 53.2 Å². The molecular weight excluding hydrogens is 122 g/mol. The fraction of sp³-hybridized carbons (Fsp3) is 0.600. The van der Waals surface area contributed by atoms with Crippen molar-refractivity contribution in [3.8, 4) is 0 Å². The van der Waals surface area contributed by atoms with Gasteiger partial charge in [-0.05, 0) is 6.92 Å². The van der Waals surface area contributed by atoms with Gasteiger partial charge in [0.05, 0.1) is 6.61 Å². The van der Waals surface area contributed by atoms with E-state index >= 15 is 0 Å². The average molecular weight is 130 g/mol. The zero-order valence-electron chi connectivity index (χ0n) is 5.14. The molecule has 1 N–H and O–H groups in total. The van der Waals surface area contributed by atoms with Gasteiger partial charge in [-0.25, -0.2) is 0 Å². The molecule has 4 nitrogen and oxygen atoms in total. The number of carbonyl (C=O) groups is 1. The molecule has 0 spiro atoms. The number of ether oxygens (including phenoxy) is 1. The fourth-order valence-electron chi connectivity index (χ4n) is 0.320. The van der Waals surface area contributed by atoms with Gasteiger partial charge in [0.25, 0.3) is 0 Å². The van der Waals surface area contributed by atoms with Crippen LogP contribution in [0, 0.1) is 0 Å². The first-order valence-electron chi connectivity index (χ1n) is 2.57. The Morgan fingerprint density at radius 1 is 1.78 bits per heavy atom. The van der Waals surface area contributed by atoms with Crippen molar-refractivity contribution in [1.82, 2.24) is 5.32 Å². The Bertz CT molecular complexity index is 102. The van der Waals surface area contributed by atoms with E-state index in [2.05, 4.69) is 10.1 Å². The zero-order valence-corrected chi connectivity index (χ0v) is 5.14. The Morgan fingerprint density at radius 2 is 2.44 bits per heavy atom. The second-order valence-corrected chi connectivity index (χ2v) is 1.26. The van der Waals surface area contributed by atoms with Crippen molar-refractivity contribution in [3.63, 3.8) is 0 Å². The Morgan fingerprint density at radius 3 is 2.89 bits per heavy atom. The van der Waals surface area contributed by atoms with E-state index in [1.807, 2.05) is 0 Å². The first-order chi connectivity index (χ1) is 4.31. The third-order valence-corrected chi connectivity index (χ3v) is 0.610. The van der Waals surface area contributed by atoms with Crippen LogP contribution >= 0.6 is 0 Å². The van der Waals surface area contributed by atoms with E-state index in [0.29, 0.717) is 6.61 Å². The maximum atomic E-state index is 10.3. The van der Waals surface area contributed by atoms with Gasteiger partial charge in [0.15, 0.2) is 0 Å². The third-order valence-electron chi connectivity index (χ3n) is 0.610. The number of carbonyl (C=O) groups excluding carboxylic acids is 2. The zero-order chi connectivity index (χ0) is 7.11. The van der Waals surface area contributed by atoms with Gasteiger partial charge >= 0.3 is 12.4 Å². The molecule has 0 rings (SSSR count). The molecule has 0 aliphatic heterocycles. The lowest BCUT2D eigenvalue weighted by atomic mass is 10.6. The minimum Gasteiger partial charge on any atom is -0.465 e. The highest BCUT2D eigenvalue weighted by Crippen LogP contribution is 1.72. The van der Waals surface area contributed by atoms with Crippen LogP contribution in [-0.4, -0.2) is 25.5 Å². The van der Waals surface area contributed by atoms with Crippen molar-refractivity contribution in [2.75, 3.05) is 13.2 Å². The molecule has 0 atom stereocenters. The van der Waals surface area contributed by atoms with E-state index in [9.17, 15) is 9.59 Å². The summed E-state index contributed by atoms with van der Waals surface area (Å²) in [6, 6.07) is 0. The summed E-state index contributed by atoms with van der Waals surface area (Å²) in [7, 11) is 0. The van der Waals surface area contributed by atoms with Gasteiger partial charge in [-0.15, -0.1) is 0 Å². The van der Waals surface area contributed by atoms with E-state index < -0.39 is 5.97 Å². The molecule has 0 saturated heterocycles. The molecule has 0 aromatic carbocycles. The summed E-state index contributed by atoms with van der Waals surface area (Å²) in [5.41, 5.74) is 0. The second kappa shape index (κ2) is 5.08. The SMILES string of the molecule is CCOC(=O)CN[C]=O. The number of hydrogen-bond acceptors (Lipinski definition) is 3. The molecule has 0 aliphatic carbocycles. The first kappa shape index (κ1) is 7.94. The van der Waals surface area contributed by atoms with Gasteiger partial charge in [-0.2, -0.15) is 0 Å². The molecule has 51 valence electrons. The van der Waals surface area contributed by atoms with Crippen LogP contribution in [0.15, 0.2) is 0 Å². The van der Waals surface area contributed by atoms with Gasteiger partial charge in [-0.3, -0.25) is 9.59 Å². The summed E-state index contributed by atoms with van der Waals surface area (Å²) in [5, 5.41) is 2.05. The highest BCUT2D eigenvalue weighted by molar-refractivity contribution is 5.73. The fourth-order valence-corrected chi connectivity index (χ4v) is 0.320. The Kier molecular flexibility index (Phi) is 4.49. The van der Waals surface area contributed by atoms with Crippen molar-refractivity contribution in [3.05, 3.63) is 0 Å². The second-order valence-electron chi connectivity index (χ2n) is 1.26. The van der Waals surface area contributed by atoms with Crippen LogP contribution in [0.25, 0.3) is 0 Å². The maximum Gasteiger partial charge on any atom is 0.325 e. The average Bonchev–Trinajstić information content (AvgIpc) is 1.85. The van der Waals surface area contributed by atoms with Crippen molar-refractivity contribution in [2.24, 2.45) is 0 Å².